The first-order valence-electron chi connectivity index (χ1n) is 5.54. The standard InChI is InChI=1S/C12H15ClN2O2/c1-15-5-4-9(7-15)14-12(17)10-3-2-8(13)6-11(10)16/h2-3,6,9,16H,4-5,7H2,1H3,(H,14,17)/t9-/m0/s1. The summed E-state index contributed by atoms with van der Waals surface area (Å²) < 4.78 is 0. The summed E-state index contributed by atoms with van der Waals surface area (Å²) in [5, 5.41) is 13.0. The fourth-order valence-electron chi connectivity index (χ4n) is 2.01. The number of nitrogens with zero attached hydrogens (tertiary/aromatic N) is 1. The summed E-state index contributed by atoms with van der Waals surface area (Å²) in [6, 6.07) is 4.66. The first kappa shape index (κ1) is 12.2. The van der Waals surface area contributed by atoms with Crippen LogP contribution in [-0.2, 0) is 0 Å². The fourth-order valence-corrected chi connectivity index (χ4v) is 2.18. The molecule has 92 valence electrons. The lowest BCUT2D eigenvalue weighted by Crippen LogP contribution is -2.36. The summed E-state index contributed by atoms with van der Waals surface area (Å²) in [5.74, 6) is -0.333. The largest absolute Gasteiger partial charge is 0.507 e. The Balaban J connectivity index is 2.04. The van der Waals surface area contributed by atoms with Crippen molar-refractivity contribution in [3.05, 3.63) is 28.8 Å². The Morgan fingerprint density at radius 1 is 1.59 bits per heavy atom. The van der Waals surface area contributed by atoms with Crippen molar-refractivity contribution in [2.45, 2.75) is 12.5 Å². The number of aromatic hydroxyl groups is 1. The molecule has 1 atom stereocenters. The number of halogens is 1. The zero-order chi connectivity index (χ0) is 12.4. The maximum Gasteiger partial charge on any atom is 0.255 e. The first-order valence-corrected chi connectivity index (χ1v) is 5.92. The van der Waals surface area contributed by atoms with Crippen LogP contribution in [0.25, 0.3) is 0 Å². The molecule has 1 aromatic carbocycles. The van der Waals surface area contributed by atoms with E-state index in [9.17, 15) is 9.90 Å². The lowest BCUT2D eigenvalue weighted by molar-refractivity contribution is 0.0936. The Morgan fingerprint density at radius 3 is 2.94 bits per heavy atom. The number of phenols is 1. The van der Waals surface area contributed by atoms with E-state index in [0.29, 0.717) is 5.02 Å². The summed E-state index contributed by atoms with van der Waals surface area (Å²) in [6.07, 6.45) is 0.941. The monoisotopic (exact) mass is 254 g/mol. The van der Waals surface area contributed by atoms with E-state index in [1.54, 1.807) is 6.07 Å². The smallest absolute Gasteiger partial charge is 0.255 e. The van der Waals surface area contributed by atoms with E-state index in [1.165, 1.54) is 12.1 Å². The third-order valence-corrected chi connectivity index (χ3v) is 3.17. The number of carbonyl (C=O) groups excluding carboxylic acids is 1. The SMILES string of the molecule is CN1CC[C@H](NC(=O)c2ccc(Cl)cc2O)C1. The number of likely N-dealkylation sites (tertiary alicyclic amines) is 1. The van der Waals surface area contributed by atoms with Gasteiger partial charge in [-0.25, -0.2) is 0 Å². The van der Waals surface area contributed by atoms with Gasteiger partial charge in [0.15, 0.2) is 0 Å². The van der Waals surface area contributed by atoms with E-state index >= 15 is 0 Å². The molecule has 0 radical (unpaired) electrons. The number of phenolic OH excluding ortho intramolecular Hbond substituents is 1. The van der Waals surface area contributed by atoms with Gasteiger partial charge in [0, 0.05) is 17.6 Å². The molecular formula is C12H15ClN2O2. The predicted octanol–water partition coefficient (Wildman–Crippen LogP) is 1.48. The summed E-state index contributed by atoms with van der Waals surface area (Å²) in [5.41, 5.74) is 0.268. The van der Waals surface area contributed by atoms with E-state index in [-0.39, 0.29) is 23.3 Å². The zero-order valence-corrected chi connectivity index (χ0v) is 10.4. The van der Waals surface area contributed by atoms with Gasteiger partial charge in [-0.15, -0.1) is 0 Å². The van der Waals surface area contributed by atoms with E-state index in [2.05, 4.69) is 10.2 Å². The summed E-state index contributed by atoms with van der Waals surface area (Å²) in [4.78, 5) is 14.1. The van der Waals surface area contributed by atoms with Crippen LogP contribution in [0.4, 0.5) is 0 Å². The van der Waals surface area contributed by atoms with Gasteiger partial charge in [-0.1, -0.05) is 11.6 Å². The van der Waals surface area contributed by atoms with Crippen LogP contribution in [0.3, 0.4) is 0 Å². The number of benzene rings is 1. The Kier molecular flexibility index (Phi) is 3.54. The molecule has 0 saturated carbocycles. The van der Waals surface area contributed by atoms with Crippen LogP contribution in [0.2, 0.25) is 5.02 Å². The number of likely N-dealkylation sites (N-methyl/N-ethyl adjacent to an activating group) is 1. The van der Waals surface area contributed by atoms with Gasteiger partial charge in [0.1, 0.15) is 5.75 Å². The fraction of sp³-hybridized carbons (Fsp3) is 0.417. The van der Waals surface area contributed by atoms with Gasteiger partial charge in [0.25, 0.3) is 5.91 Å². The summed E-state index contributed by atoms with van der Waals surface area (Å²) in [7, 11) is 2.02. The number of hydrogen-bond donors (Lipinski definition) is 2. The van der Waals surface area contributed by atoms with Gasteiger partial charge in [-0.3, -0.25) is 4.79 Å². The Labute approximate surface area is 105 Å². The van der Waals surface area contributed by atoms with Crippen molar-refractivity contribution < 1.29 is 9.90 Å². The average molecular weight is 255 g/mol. The van der Waals surface area contributed by atoms with Crippen molar-refractivity contribution in [2.75, 3.05) is 20.1 Å². The molecule has 1 amide bonds. The quantitative estimate of drug-likeness (QED) is 0.841. The van der Waals surface area contributed by atoms with Gasteiger partial charge in [-0.05, 0) is 38.2 Å². The van der Waals surface area contributed by atoms with Crippen molar-refractivity contribution in [3.8, 4) is 5.75 Å². The molecule has 1 fully saturated rings. The molecule has 1 saturated heterocycles. The summed E-state index contributed by atoms with van der Waals surface area (Å²) >= 11 is 5.71. The molecule has 4 nitrogen and oxygen atoms in total. The molecule has 0 bridgehead atoms. The molecule has 0 spiro atoms. The highest BCUT2D eigenvalue weighted by molar-refractivity contribution is 6.30. The van der Waals surface area contributed by atoms with Crippen LogP contribution in [0.5, 0.6) is 5.75 Å². The molecule has 1 aromatic rings. The number of carbonyl (C=O) groups is 1. The van der Waals surface area contributed by atoms with Crippen molar-refractivity contribution in [2.24, 2.45) is 0 Å². The highest BCUT2D eigenvalue weighted by Gasteiger charge is 2.22. The van der Waals surface area contributed by atoms with Crippen molar-refractivity contribution in [1.82, 2.24) is 10.2 Å². The number of rotatable bonds is 2. The van der Waals surface area contributed by atoms with Crippen molar-refractivity contribution in [1.29, 1.82) is 0 Å². The van der Waals surface area contributed by atoms with Crippen LogP contribution < -0.4 is 5.32 Å². The van der Waals surface area contributed by atoms with Crippen molar-refractivity contribution in [3.63, 3.8) is 0 Å². The second kappa shape index (κ2) is 4.94. The minimum Gasteiger partial charge on any atom is -0.507 e. The molecule has 2 N–H and O–H groups in total. The number of nitrogens with one attached hydrogen (secondary N) is 1. The molecule has 0 unspecified atom stereocenters. The van der Waals surface area contributed by atoms with Crippen LogP contribution in [0, 0.1) is 0 Å². The van der Waals surface area contributed by atoms with Gasteiger partial charge in [-0.2, -0.15) is 0 Å². The molecule has 17 heavy (non-hydrogen) atoms. The Morgan fingerprint density at radius 2 is 2.35 bits per heavy atom. The molecule has 0 aliphatic carbocycles. The number of hydrogen-bond acceptors (Lipinski definition) is 3. The van der Waals surface area contributed by atoms with E-state index in [0.717, 1.165) is 19.5 Å². The van der Waals surface area contributed by atoms with Crippen molar-refractivity contribution >= 4 is 17.5 Å². The maximum atomic E-state index is 11.9. The topological polar surface area (TPSA) is 52.6 Å². The normalized spacial score (nSPS) is 20.5. The highest BCUT2D eigenvalue weighted by atomic mass is 35.5. The van der Waals surface area contributed by atoms with Gasteiger partial charge in [0.2, 0.25) is 0 Å². The molecule has 2 rings (SSSR count). The van der Waals surface area contributed by atoms with Crippen LogP contribution >= 0.6 is 11.6 Å². The highest BCUT2D eigenvalue weighted by Crippen LogP contribution is 2.22. The zero-order valence-electron chi connectivity index (χ0n) is 9.61. The predicted molar refractivity (Wildman–Crippen MR) is 66.5 cm³/mol. The lowest BCUT2D eigenvalue weighted by Gasteiger charge is -2.13. The molecular weight excluding hydrogens is 240 g/mol. The Hall–Kier alpha value is -1.26. The minimum atomic E-state index is -0.250. The molecule has 5 heteroatoms. The molecule has 0 aromatic heterocycles. The third kappa shape index (κ3) is 2.90. The first-order chi connectivity index (χ1) is 8.06. The van der Waals surface area contributed by atoms with E-state index in [1.807, 2.05) is 7.05 Å². The summed E-state index contributed by atoms with van der Waals surface area (Å²) in [6.45, 7) is 1.83. The van der Waals surface area contributed by atoms with Gasteiger partial charge in [0.05, 0.1) is 5.56 Å². The second-order valence-electron chi connectivity index (χ2n) is 4.38. The van der Waals surface area contributed by atoms with E-state index in [4.69, 9.17) is 11.6 Å². The van der Waals surface area contributed by atoms with Crippen LogP contribution in [0.15, 0.2) is 18.2 Å². The second-order valence-corrected chi connectivity index (χ2v) is 4.82. The van der Waals surface area contributed by atoms with Crippen LogP contribution in [-0.4, -0.2) is 42.1 Å². The number of amides is 1. The molecule has 1 heterocycles. The molecule has 1 aliphatic rings. The molecule has 1 aliphatic heterocycles. The van der Waals surface area contributed by atoms with Crippen LogP contribution in [0.1, 0.15) is 16.8 Å². The Bertz CT molecular complexity index is 437. The maximum absolute atomic E-state index is 11.9. The lowest BCUT2D eigenvalue weighted by atomic mass is 10.1. The third-order valence-electron chi connectivity index (χ3n) is 2.93. The minimum absolute atomic E-state index is 0.0821. The average Bonchev–Trinajstić information content (AvgIpc) is 2.63. The van der Waals surface area contributed by atoms with E-state index < -0.39 is 0 Å². The van der Waals surface area contributed by atoms with Gasteiger partial charge >= 0.3 is 0 Å². The van der Waals surface area contributed by atoms with Gasteiger partial charge < -0.3 is 15.3 Å².